The van der Waals surface area contributed by atoms with E-state index in [1.807, 2.05) is 0 Å². The predicted octanol–water partition coefficient (Wildman–Crippen LogP) is 3.51. The molecule has 0 saturated heterocycles. The second kappa shape index (κ2) is 4.24. The number of hydrogen-bond donors (Lipinski definition) is 1. The number of alkyl halides is 1. The van der Waals surface area contributed by atoms with Gasteiger partial charge in [0.25, 0.3) is 0 Å². The van der Waals surface area contributed by atoms with Gasteiger partial charge in [-0.1, -0.05) is 18.6 Å². The lowest BCUT2D eigenvalue weighted by Crippen LogP contribution is -2.23. The van der Waals surface area contributed by atoms with Crippen LogP contribution >= 0.6 is 0 Å². The molecule has 0 amide bonds. The summed E-state index contributed by atoms with van der Waals surface area (Å²) in [5.41, 5.74) is -0.629. The molecule has 0 aromatic heterocycles. The van der Waals surface area contributed by atoms with Crippen LogP contribution in [0.3, 0.4) is 0 Å². The maximum atomic E-state index is 14.6. The van der Waals surface area contributed by atoms with Gasteiger partial charge in [0.2, 0.25) is 0 Å². The molecule has 2 rings (SSSR count). The number of carboxylic acid groups (broad SMARTS) is 1. The van der Waals surface area contributed by atoms with Crippen LogP contribution in [0.25, 0.3) is 0 Å². The third-order valence-electron chi connectivity index (χ3n) is 3.27. The normalized spacial score (nSPS) is 19.3. The Morgan fingerprint density at radius 1 is 1.25 bits per heavy atom. The molecule has 1 aromatic rings. The lowest BCUT2D eigenvalue weighted by Gasteiger charge is -2.30. The highest BCUT2D eigenvalue weighted by Crippen LogP contribution is 2.40. The average molecular weight is 222 g/mol. The maximum Gasteiger partial charge on any atom is 0.335 e. The highest BCUT2D eigenvalue weighted by molar-refractivity contribution is 5.87. The topological polar surface area (TPSA) is 37.3 Å². The number of rotatable bonds is 2. The van der Waals surface area contributed by atoms with Crippen molar-refractivity contribution < 1.29 is 14.3 Å². The lowest BCUT2D eigenvalue weighted by molar-refractivity contribution is 0.0695. The molecule has 1 N–H and O–H groups in total. The zero-order chi connectivity index (χ0) is 11.6. The molecular formula is C13H15FO2. The summed E-state index contributed by atoms with van der Waals surface area (Å²) in [6, 6.07) is 6.28. The largest absolute Gasteiger partial charge is 0.478 e. The van der Waals surface area contributed by atoms with Crippen molar-refractivity contribution in [1.82, 2.24) is 0 Å². The molecule has 0 radical (unpaired) electrons. The van der Waals surface area contributed by atoms with Crippen LogP contribution in [0, 0.1) is 0 Å². The molecule has 1 saturated carbocycles. The van der Waals surface area contributed by atoms with Crippen molar-refractivity contribution in [2.45, 2.75) is 37.8 Å². The van der Waals surface area contributed by atoms with Gasteiger partial charge < -0.3 is 5.11 Å². The molecule has 0 bridgehead atoms. The van der Waals surface area contributed by atoms with Crippen LogP contribution < -0.4 is 0 Å². The molecule has 1 fully saturated rings. The van der Waals surface area contributed by atoms with Gasteiger partial charge in [-0.05, 0) is 43.4 Å². The molecule has 2 nitrogen and oxygen atoms in total. The van der Waals surface area contributed by atoms with E-state index in [0.29, 0.717) is 18.4 Å². The maximum absolute atomic E-state index is 14.6. The van der Waals surface area contributed by atoms with E-state index in [1.165, 1.54) is 12.1 Å². The fourth-order valence-corrected chi connectivity index (χ4v) is 2.33. The van der Waals surface area contributed by atoms with Crippen molar-refractivity contribution in [3.8, 4) is 0 Å². The summed E-state index contributed by atoms with van der Waals surface area (Å²) in [4.78, 5) is 10.8. The van der Waals surface area contributed by atoms with Gasteiger partial charge in [0.1, 0.15) is 5.67 Å². The quantitative estimate of drug-likeness (QED) is 0.831. The Balaban J connectivity index is 2.31. The average Bonchev–Trinajstić information content (AvgIpc) is 2.30. The van der Waals surface area contributed by atoms with Crippen molar-refractivity contribution in [3.63, 3.8) is 0 Å². The molecule has 16 heavy (non-hydrogen) atoms. The number of hydrogen-bond acceptors (Lipinski definition) is 1. The summed E-state index contributed by atoms with van der Waals surface area (Å²) in [7, 11) is 0. The van der Waals surface area contributed by atoms with Gasteiger partial charge in [0.15, 0.2) is 0 Å². The first-order valence-corrected chi connectivity index (χ1v) is 5.65. The van der Waals surface area contributed by atoms with E-state index in [9.17, 15) is 9.18 Å². The number of benzene rings is 1. The number of carbonyl (C=O) groups is 1. The highest BCUT2D eigenvalue weighted by Gasteiger charge is 2.33. The van der Waals surface area contributed by atoms with Crippen LogP contribution in [0.15, 0.2) is 24.3 Å². The fourth-order valence-electron chi connectivity index (χ4n) is 2.33. The first-order chi connectivity index (χ1) is 7.62. The summed E-state index contributed by atoms with van der Waals surface area (Å²) >= 11 is 0. The smallest absolute Gasteiger partial charge is 0.335 e. The van der Waals surface area contributed by atoms with Crippen LogP contribution in [0.2, 0.25) is 0 Å². The van der Waals surface area contributed by atoms with Crippen molar-refractivity contribution in [2.24, 2.45) is 0 Å². The predicted molar refractivity (Wildman–Crippen MR) is 59.3 cm³/mol. The summed E-state index contributed by atoms with van der Waals surface area (Å²) < 4.78 is 14.6. The van der Waals surface area contributed by atoms with Gasteiger partial charge in [-0.2, -0.15) is 0 Å². The first-order valence-electron chi connectivity index (χ1n) is 5.65. The second-order valence-electron chi connectivity index (χ2n) is 4.41. The van der Waals surface area contributed by atoms with Crippen molar-refractivity contribution >= 4 is 5.97 Å². The molecule has 1 aromatic carbocycles. The Morgan fingerprint density at radius 3 is 2.56 bits per heavy atom. The Morgan fingerprint density at radius 2 is 1.94 bits per heavy atom. The second-order valence-corrected chi connectivity index (χ2v) is 4.41. The Bertz CT molecular complexity index is 395. The van der Waals surface area contributed by atoms with E-state index in [4.69, 9.17) is 5.11 Å². The lowest BCUT2D eigenvalue weighted by atomic mass is 9.81. The zero-order valence-corrected chi connectivity index (χ0v) is 9.08. The third-order valence-corrected chi connectivity index (χ3v) is 3.27. The summed E-state index contributed by atoms with van der Waals surface area (Å²) in [6.45, 7) is 0. The first kappa shape index (κ1) is 11.1. The molecule has 86 valence electrons. The SMILES string of the molecule is O=C(O)c1cccc(C2(F)CCCCC2)c1. The minimum Gasteiger partial charge on any atom is -0.478 e. The standard InChI is InChI=1S/C13H15FO2/c14-13(7-2-1-3-8-13)11-6-4-5-10(9-11)12(15)16/h4-6,9H,1-3,7-8H2,(H,15,16). The zero-order valence-electron chi connectivity index (χ0n) is 9.08. The summed E-state index contributed by atoms with van der Waals surface area (Å²) in [5.74, 6) is -0.999. The van der Waals surface area contributed by atoms with Crippen LogP contribution in [0.5, 0.6) is 0 Å². The van der Waals surface area contributed by atoms with E-state index in [0.717, 1.165) is 19.3 Å². The van der Waals surface area contributed by atoms with Gasteiger partial charge >= 0.3 is 5.97 Å². The molecular weight excluding hydrogens is 207 g/mol. The van der Waals surface area contributed by atoms with E-state index in [1.54, 1.807) is 12.1 Å². The Kier molecular flexibility index (Phi) is 2.95. The van der Waals surface area contributed by atoms with Gasteiger partial charge in [-0.3, -0.25) is 0 Å². The van der Waals surface area contributed by atoms with Crippen molar-refractivity contribution in [2.75, 3.05) is 0 Å². The molecule has 3 heteroatoms. The van der Waals surface area contributed by atoms with E-state index in [-0.39, 0.29) is 5.56 Å². The van der Waals surface area contributed by atoms with Gasteiger partial charge in [0, 0.05) is 0 Å². The van der Waals surface area contributed by atoms with Crippen LogP contribution in [-0.4, -0.2) is 11.1 Å². The molecule has 0 spiro atoms. The minimum atomic E-state index is -1.32. The molecule has 0 heterocycles. The van der Waals surface area contributed by atoms with E-state index in [2.05, 4.69) is 0 Å². The van der Waals surface area contributed by atoms with Crippen LogP contribution in [-0.2, 0) is 5.67 Å². The molecule has 1 aliphatic carbocycles. The summed E-state index contributed by atoms with van der Waals surface area (Å²) in [6.07, 6.45) is 3.86. The van der Waals surface area contributed by atoms with Crippen molar-refractivity contribution in [1.29, 1.82) is 0 Å². The monoisotopic (exact) mass is 222 g/mol. The van der Waals surface area contributed by atoms with Crippen LogP contribution in [0.1, 0.15) is 48.0 Å². The van der Waals surface area contributed by atoms with Crippen LogP contribution in [0.4, 0.5) is 4.39 Å². The third kappa shape index (κ3) is 2.08. The molecule has 0 unspecified atom stereocenters. The molecule has 0 atom stereocenters. The van der Waals surface area contributed by atoms with Gasteiger partial charge in [-0.15, -0.1) is 0 Å². The highest BCUT2D eigenvalue weighted by atomic mass is 19.1. The fraction of sp³-hybridized carbons (Fsp3) is 0.462. The number of aromatic carboxylic acids is 1. The summed E-state index contributed by atoms with van der Waals surface area (Å²) in [5, 5.41) is 8.87. The van der Waals surface area contributed by atoms with E-state index < -0.39 is 11.6 Å². The Hall–Kier alpha value is -1.38. The van der Waals surface area contributed by atoms with Crippen molar-refractivity contribution in [3.05, 3.63) is 35.4 Å². The number of carboxylic acids is 1. The van der Waals surface area contributed by atoms with Gasteiger partial charge in [0.05, 0.1) is 5.56 Å². The number of halogens is 1. The van der Waals surface area contributed by atoms with Gasteiger partial charge in [-0.25, -0.2) is 9.18 Å². The molecule has 1 aliphatic rings. The molecule has 0 aliphatic heterocycles. The minimum absolute atomic E-state index is 0.167. The van der Waals surface area contributed by atoms with E-state index >= 15 is 0 Å². The Labute approximate surface area is 94.1 Å².